The first-order chi connectivity index (χ1) is 10.9. The summed E-state index contributed by atoms with van der Waals surface area (Å²) in [6.07, 6.45) is 1.89. The lowest BCUT2D eigenvalue weighted by molar-refractivity contribution is -0.134. The van der Waals surface area contributed by atoms with Crippen LogP contribution in [0, 0.1) is 5.41 Å². The first-order valence-electron chi connectivity index (χ1n) is 7.73. The summed E-state index contributed by atoms with van der Waals surface area (Å²) in [5, 5.41) is 5.59. The minimum absolute atomic E-state index is 0.0374. The van der Waals surface area contributed by atoms with Crippen LogP contribution in [0.2, 0.25) is 0 Å². The number of amides is 2. The molecule has 2 N–H and O–H groups in total. The predicted octanol–water partition coefficient (Wildman–Crippen LogP) is 2.11. The van der Waals surface area contributed by atoms with Crippen molar-refractivity contribution in [2.24, 2.45) is 5.41 Å². The molecule has 124 valence electrons. The first-order valence-corrected chi connectivity index (χ1v) is 7.73. The molecular formula is C17H22N2O4. The number of carbonyl (C=O) groups is 3. The topological polar surface area (TPSA) is 84.5 Å². The fraction of sp³-hybridized carbons (Fsp3) is 0.471. The van der Waals surface area contributed by atoms with E-state index in [4.69, 9.17) is 0 Å². The van der Waals surface area contributed by atoms with Crippen LogP contribution in [0.3, 0.4) is 0 Å². The van der Waals surface area contributed by atoms with E-state index in [2.05, 4.69) is 15.4 Å². The van der Waals surface area contributed by atoms with Crippen LogP contribution >= 0.6 is 0 Å². The lowest BCUT2D eigenvalue weighted by Crippen LogP contribution is -2.43. The second-order valence-corrected chi connectivity index (χ2v) is 5.89. The van der Waals surface area contributed by atoms with E-state index >= 15 is 0 Å². The molecule has 23 heavy (non-hydrogen) atoms. The van der Waals surface area contributed by atoms with Crippen LogP contribution in [-0.4, -0.2) is 30.9 Å². The molecule has 1 aliphatic carbocycles. The maximum atomic E-state index is 12.5. The summed E-state index contributed by atoms with van der Waals surface area (Å²) in [4.78, 5) is 36.3. The van der Waals surface area contributed by atoms with Crippen molar-refractivity contribution in [1.29, 1.82) is 0 Å². The number of carbonyl (C=O) groups excluding carboxylic acids is 3. The zero-order chi connectivity index (χ0) is 17.0. The molecule has 1 aromatic carbocycles. The number of methoxy groups -OCH3 is 1. The highest BCUT2D eigenvalue weighted by atomic mass is 16.5. The maximum absolute atomic E-state index is 12.5. The number of nitrogens with one attached hydrogen (secondary N) is 2. The van der Waals surface area contributed by atoms with Gasteiger partial charge in [-0.2, -0.15) is 0 Å². The number of hydrogen-bond acceptors (Lipinski definition) is 4. The number of rotatable bonds is 6. The highest BCUT2D eigenvalue weighted by Gasteiger charge is 2.56. The molecule has 0 aromatic heterocycles. The monoisotopic (exact) mass is 318 g/mol. The van der Waals surface area contributed by atoms with Crippen LogP contribution in [0.1, 0.15) is 43.5 Å². The Hall–Kier alpha value is -2.37. The Morgan fingerprint density at radius 3 is 2.52 bits per heavy atom. The third-order valence-electron chi connectivity index (χ3n) is 4.15. The minimum Gasteiger partial charge on any atom is -0.465 e. The van der Waals surface area contributed by atoms with Crippen molar-refractivity contribution in [2.75, 3.05) is 12.4 Å². The van der Waals surface area contributed by atoms with E-state index in [0.29, 0.717) is 24.1 Å². The van der Waals surface area contributed by atoms with E-state index in [0.717, 1.165) is 6.42 Å². The smallest absolute Gasteiger partial charge is 0.337 e. The van der Waals surface area contributed by atoms with Crippen LogP contribution in [0.4, 0.5) is 5.69 Å². The van der Waals surface area contributed by atoms with E-state index < -0.39 is 11.4 Å². The molecule has 6 nitrogen and oxygen atoms in total. The molecule has 2 rings (SSSR count). The van der Waals surface area contributed by atoms with Crippen molar-refractivity contribution >= 4 is 23.5 Å². The Morgan fingerprint density at radius 1 is 1.26 bits per heavy atom. The average Bonchev–Trinajstić information content (AvgIpc) is 3.36. The summed E-state index contributed by atoms with van der Waals surface area (Å²) in [7, 11) is 1.30. The van der Waals surface area contributed by atoms with Gasteiger partial charge in [-0.25, -0.2) is 4.79 Å². The third-order valence-corrected chi connectivity index (χ3v) is 4.15. The molecule has 0 heterocycles. The lowest BCUT2D eigenvalue weighted by atomic mass is 10.0. The number of anilines is 1. The van der Waals surface area contributed by atoms with Gasteiger partial charge in [0.1, 0.15) is 5.41 Å². The van der Waals surface area contributed by atoms with Gasteiger partial charge in [-0.1, -0.05) is 13.0 Å². The van der Waals surface area contributed by atoms with Crippen molar-refractivity contribution in [1.82, 2.24) is 5.32 Å². The quantitative estimate of drug-likeness (QED) is 0.621. The Bertz CT molecular complexity index is 623. The second kappa shape index (κ2) is 6.81. The molecule has 0 saturated heterocycles. The van der Waals surface area contributed by atoms with E-state index in [1.54, 1.807) is 18.2 Å². The van der Waals surface area contributed by atoms with Crippen LogP contribution in [0.15, 0.2) is 24.3 Å². The van der Waals surface area contributed by atoms with Gasteiger partial charge in [-0.3, -0.25) is 9.59 Å². The van der Waals surface area contributed by atoms with Crippen molar-refractivity contribution in [3.63, 3.8) is 0 Å². The number of hydrogen-bond donors (Lipinski definition) is 2. The molecule has 0 bridgehead atoms. The third kappa shape index (κ3) is 3.70. The first kappa shape index (κ1) is 17.0. The van der Waals surface area contributed by atoms with Gasteiger partial charge in [0.2, 0.25) is 11.8 Å². The van der Waals surface area contributed by atoms with Crippen LogP contribution < -0.4 is 10.6 Å². The Balaban J connectivity index is 2.07. The highest BCUT2D eigenvalue weighted by Crippen LogP contribution is 2.47. The maximum Gasteiger partial charge on any atom is 0.337 e. The summed E-state index contributed by atoms with van der Waals surface area (Å²) < 4.78 is 4.65. The Labute approximate surface area is 135 Å². The van der Waals surface area contributed by atoms with Crippen molar-refractivity contribution < 1.29 is 19.1 Å². The van der Waals surface area contributed by atoms with Crippen molar-refractivity contribution in [3.05, 3.63) is 29.8 Å². The van der Waals surface area contributed by atoms with Gasteiger partial charge in [0, 0.05) is 11.7 Å². The molecule has 6 heteroatoms. The molecule has 1 fully saturated rings. The molecule has 0 spiro atoms. The molecule has 0 radical (unpaired) electrons. The van der Waals surface area contributed by atoms with Gasteiger partial charge in [0.05, 0.1) is 12.7 Å². The summed E-state index contributed by atoms with van der Waals surface area (Å²) in [6, 6.07) is 6.50. The predicted molar refractivity (Wildman–Crippen MR) is 86.0 cm³/mol. The zero-order valence-electron chi connectivity index (χ0n) is 13.6. The fourth-order valence-corrected chi connectivity index (χ4v) is 2.24. The Morgan fingerprint density at radius 2 is 1.96 bits per heavy atom. The highest BCUT2D eigenvalue weighted by molar-refractivity contribution is 6.13. The SMILES string of the molecule is CCC(C)NC(=O)C1(C(=O)Nc2cccc(C(=O)OC)c2)CC1. The van der Waals surface area contributed by atoms with Crippen molar-refractivity contribution in [3.8, 4) is 0 Å². The van der Waals surface area contributed by atoms with Gasteiger partial charge in [0.15, 0.2) is 0 Å². The Kier molecular flexibility index (Phi) is 5.03. The van der Waals surface area contributed by atoms with Crippen LogP contribution in [0.5, 0.6) is 0 Å². The standard InChI is InChI=1S/C17H22N2O4/c1-4-11(2)18-15(21)17(8-9-17)16(22)19-13-7-5-6-12(10-13)14(20)23-3/h5-7,10-11H,4,8-9H2,1-3H3,(H,18,21)(H,19,22). The minimum atomic E-state index is -0.981. The summed E-state index contributed by atoms with van der Waals surface area (Å²) in [5.41, 5.74) is -0.162. The molecule has 1 unspecified atom stereocenters. The lowest BCUT2D eigenvalue weighted by Gasteiger charge is -2.18. The zero-order valence-corrected chi connectivity index (χ0v) is 13.6. The number of ether oxygens (including phenoxy) is 1. The van der Waals surface area contributed by atoms with E-state index in [-0.39, 0.29) is 17.9 Å². The summed E-state index contributed by atoms with van der Waals surface area (Å²) in [6.45, 7) is 3.88. The summed E-state index contributed by atoms with van der Waals surface area (Å²) >= 11 is 0. The number of esters is 1. The van der Waals surface area contributed by atoms with E-state index in [9.17, 15) is 14.4 Å². The van der Waals surface area contributed by atoms with Gasteiger partial charge < -0.3 is 15.4 Å². The van der Waals surface area contributed by atoms with Crippen LogP contribution in [0.25, 0.3) is 0 Å². The second-order valence-electron chi connectivity index (χ2n) is 5.89. The normalized spacial score (nSPS) is 16.1. The largest absolute Gasteiger partial charge is 0.465 e. The number of benzene rings is 1. The molecule has 1 atom stereocenters. The molecule has 0 aliphatic heterocycles. The van der Waals surface area contributed by atoms with Gasteiger partial charge in [-0.15, -0.1) is 0 Å². The molecular weight excluding hydrogens is 296 g/mol. The molecule has 1 aliphatic rings. The van der Waals surface area contributed by atoms with Gasteiger partial charge in [-0.05, 0) is 44.4 Å². The average molecular weight is 318 g/mol. The fourth-order valence-electron chi connectivity index (χ4n) is 2.24. The summed E-state index contributed by atoms with van der Waals surface area (Å²) in [5.74, 6) is -1.04. The van der Waals surface area contributed by atoms with E-state index in [1.165, 1.54) is 13.2 Å². The van der Waals surface area contributed by atoms with Crippen LogP contribution in [-0.2, 0) is 14.3 Å². The molecule has 1 saturated carbocycles. The van der Waals surface area contributed by atoms with Gasteiger partial charge in [0.25, 0.3) is 0 Å². The van der Waals surface area contributed by atoms with Crippen molar-refractivity contribution in [2.45, 2.75) is 39.2 Å². The van der Waals surface area contributed by atoms with E-state index in [1.807, 2.05) is 13.8 Å². The molecule has 1 aromatic rings. The van der Waals surface area contributed by atoms with Gasteiger partial charge >= 0.3 is 5.97 Å². The molecule has 2 amide bonds.